The molecule has 4 rings (SSSR count). The Morgan fingerprint density at radius 3 is 2.65 bits per heavy atom. The molecule has 0 aliphatic carbocycles. The number of carboxylic acids is 1. The molecule has 0 amide bonds. The number of pyridine rings is 2. The number of aromatic nitrogens is 2. The Morgan fingerprint density at radius 2 is 1.94 bits per heavy atom. The van der Waals surface area contributed by atoms with Crippen LogP contribution in [0.1, 0.15) is 26.2 Å². The van der Waals surface area contributed by atoms with Crippen molar-refractivity contribution in [2.24, 2.45) is 5.92 Å². The quantitative estimate of drug-likeness (QED) is 0.552. The van der Waals surface area contributed by atoms with Crippen LogP contribution < -0.4 is 15.0 Å². The van der Waals surface area contributed by atoms with Gasteiger partial charge in [-0.05, 0) is 67.8 Å². The fraction of sp³-hybridized carbons (Fsp3) is 0.292. The molecule has 0 spiro atoms. The van der Waals surface area contributed by atoms with E-state index in [0.717, 1.165) is 36.6 Å². The van der Waals surface area contributed by atoms with Crippen LogP contribution in [0, 0.1) is 5.92 Å². The van der Waals surface area contributed by atoms with Crippen LogP contribution in [-0.2, 0) is 4.79 Å². The van der Waals surface area contributed by atoms with Crippen LogP contribution in [0.4, 0.5) is 17.2 Å². The van der Waals surface area contributed by atoms with E-state index in [1.54, 1.807) is 12.4 Å². The summed E-state index contributed by atoms with van der Waals surface area (Å²) in [5.74, 6) is 0.790. The first-order valence-corrected chi connectivity index (χ1v) is 10.6. The Balaban J connectivity index is 1.53. The summed E-state index contributed by atoms with van der Waals surface area (Å²) in [5, 5.41) is 12.9. The molecule has 160 valence electrons. The predicted molar refractivity (Wildman–Crippen MR) is 120 cm³/mol. The number of hydrogen-bond donors (Lipinski definition) is 2. The van der Waals surface area contributed by atoms with Gasteiger partial charge in [-0.15, -0.1) is 0 Å². The van der Waals surface area contributed by atoms with Crippen molar-refractivity contribution in [3.05, 3.63) is 67.0 Å². The summed E-state index contributed by atoms with van der Waals surface area (Å²) in [6.45, 7) is 2.82. The van der Waals surface area contributed by atoms with Crippen molar-refractivity contribution >= 4 is 23.2 Å². The molecule has 2 N–H and O–H groups in total. The van der Waals surface area contributed by atoms with Gasteiger partial charge < -0.3 is 20.1 Å². The summed E-state index contributed by atoms with van der Waals surface area (Å²) in [7, 11) is 0. The molecule has 0 saturated carbocycles. The molecule has 1 aromatic carbocycles. The third-order valence-electron chi connectivity index (χ3n) is 5.58. The number of benzene rings is 1. The van der Waals surface area contributed by atoms with Crippen molar-refractivity contribution in [1.82, 2.24) is 9.97 Å². The third kappa shape index (κ3) is 4.77. The minimum absolute atomic E-state index is 0.0808. The van der Waals surface area contributed by atoms with Crippen molar-refractivity contribution in [3.63, 3.8) is 0 Å². The van der Waals surface area contributed by atoms with E-state index in [2.05, 4.69) is 20.2 Å². The van der Waals surface area contributed by atoms with E-state index in [0.29, 0.717) is 18.1 Å². The molecule has 7 heteroatoms. The molecule has 2 atom stereocenters. The minimum Gasteiger partial charge on any atom is -0.481 e. The van der Waals surface area contributed by atoms with E-state index < -0.39 is 5.97 Å². The zero-order chi connectivity index (χ0) is 21.6. The van der Waals surface area contributed by atoms with Gasteiger partial charge >= 0.3 is 5.97 Å². The monoisotopic (exact) mass is 418 g/mol. The lowest BCUT2D eigenvalue weighted by Crippen LogP contribution is -2.48. The number of nitrogens with zero attached hydrogens (tertiary/aromatic N) is 3. The number of aliphatic carboxylic acids is 1. The maximum Gasteiger partial charge on any atom is 0.308 e. The van der Waals surface area contributed by atoms with Crippen LogP contribution in [0.2, 0.25) is 0 Å². The lowest BCUT2D eigenvalue weighted by molar-refractivity contribution is -0.143. The molecule has 1 aliphatic rings. The van der Waals surface area contributed by atoms with Crippen molar-refractivity contribution in [1.29, 1.82) is 0 Å². The van der Waals surface area contributed by atoms with Crippen LogP contribution in [0.5, 0.6) is 11.6 Å². The highest BCUT2D eigenvalue weighted by Gasteiger charge is 2.36. The van der Waals surface area contributed by atoms with Gasteiger partial charge in [0.15, 0.2) is 0 Å². The summed E-state index contributed by atoms with van der Waals surface area (Å²) >= 11 is 0. The number of rotatable bonds is 7. The molecular weight excluding hydrogens is 392 g/mol. The number of nitrogens with one attached hydrogen (secondary N) is 1. The largest absolute Gasteiger partial charge is 0.481 e. The normalized spacial score (nSPS) is 18.4. The molecule has 1 fully saturated rings. The van der Waals surface area contributed by atoms with Crippen molar-refractivity contribution < 1.29 is 14.6 Å². The summed E-state index contributed by atoms with van der Waals surface area (Å²) < 4.78 is 6.11. The second-order valence-electron chi connectivity index (χ2n) is 7.55. The molecule has 31 heavy (non-hydrogen) atoms. The summed E-state index contributed by atoms with van der Waals surface area (Å²) in [5.41, 5.74) is 1.73. The van der Waals surface area contributed by atoms with E-state index >= 15 is 0 Å². The highest BCUT2D eigenvalue weighted by molar-refractivity contribution is 5.73. The fourth-order valence-corrected chi connectivity index (χ4v) is 4.13. The lowest BCUT2D eigenvalue weighted by Gasteiger charge is -2.41. The van der Waals surface area contributed by atoms with E-state index in [4.69, 9.17) is 4.74 Å². The van der Waals surface area contributed by atoms with Crippen LogP contribution in [0.3, 0.4) is 0 Å². The smallest absolute Gasteiger partial charge is 0.308 e. The van der Waals surface area contributed by atoms with Gasteiger partial charge in [0.1, 0.15) is 17.3 Å². The van der Waals surface area contributed by atoms with Gasteiger partial charge in [-0.25, -0.2) is 9.97 Å². The second kappa shape index (κ2) is 9.47. The molecule has 2 aromatic heterocycles. The van der Waals surface area contributed by atoms with E-state index in [-0.39, 0.29) is 12.0 Å². The highest BCUT2D eigenvalue weighted by Crippen LogP contribution is 2.37. The topological polar surface area (TPSA) is 87.6 Å². The maximum absolute atomic E-state index is 11.8. The Morgan fingerprint density at radius 1 is 1.13 bits per heavy atom. The first-order chi connectivity index (χ1) is 15.2. The number of carboxylic acid groups (broad SMARTS) is 1. The molecule has 1 saturated heterocycles. The first-order valence-electron chi connectivity index (χ1n) is 10.6. The molecular formula is C24H26N4O3. The Hall–Kier alpha value is -3.61. The molecule has 0 radical (unpaired) electrons. The zero-order valence-corrected chi connectivity index (χ0v) is 17.4. The molecule has 7 nitrogen and oxygen atoms in total. The second-order valence-corrected chi connectivity index (χ2v) is 7.55. The standard InChI is InChI=1S/C24H26N4O3/c1-2-20-19(24(29)30)7-6-16-28(20)21-8-5-15-26-23(21)31-18-12-10-17(11-13-18)27-22-9-3-4-14-25-22/h3-5,8-15,19-20H,2,6-7,16H2,1H3,(H,25,27)(H,29,30). The van der Waals surface area contributed by atoms with Gasteiger partial charge in [0.25, 0.3) is 0 Å². The zero-order valence-electron chi connectivity index (χ0n) is 17.4. The molecule has 2 unspecified atom stereocenters. The first kappa shape index (κ1) is 20.7. The van der Waals surface area contributed by atoms with Crippen LogP contribution in [-0.4, -0.2) is 33.6 Å². The minimum atomic E-state index is -0.737. The predicted octanol–water partition coefficient (Wildman–Crippen LogP) is 5.09. The fourth-order valence-electron chi connectivity index (χ4n) is 4.13. The SMILES string of the molecule is CCC1C(C(=O)O)CCCN1c1cccnc1Oc1ccc(Nc2ccccn2)cc1. The van der Waals surface area contributed by atoms with Crippen molar-refractivity contribution in [2.45, 2.75) is 32.2 Å². The Kier molecular flexibility index (Phi) is 6.31. The van der Waals surface area contributed by atoms with E-state index in [1.807, 2.05) is 61.5 Å². The number of anilines is 3. The summed E-state index contributed by atoms with van der Waals surface area (Å²) in [6, 6.07) is 17.0. The molecule has 1 aliphatic heterocycles. The molecule has 3 aromatic rings. The number of carbonyl (C=O) groups is 1. The number of piperidine rings is 1. The van der Waals surface area contributed by atoms with E-state index in [9.17, 15) is 9.90 Å². The Bertz CT molecular complexity index is 1010. The highest BCUT2D eigenvalue weighted by atomic mass is 16.5. The van der Waals surface area contributed by atoms with Gasteiger partial charge in [0, 0.05) is 30.7 Å². The maximum atomic E-state index is 11.8. The number of hydrogen-bond acceptors (Lipinski definition) is 6. The summed E-state index contributed by atoms with van der Waals surface area (Å²) in [4.78, 5) is 22.6. The van der Waals surface area contributed by atoms with Crippen LogP contribution in [0.25, 0.3) is 0 Å². The van der Waals surface area contributed by atoms with Crippen molar-refractivity contribution in [2.75, 3.05) is 16.8 Å². The van der Waals surface area contributed by atoms with Crippen molar-refractivity contribution in [3.8, 4) is 11.6 Å². The number of ether oxygens (including phenoxy) is 1. The van der Waals surface area contributed by atoms with Gasteiger partial charge in [0.2, 0.25) is 5.88 Å². The van der Waals surface area contributed by atoms with Crippen LogP contribution in [0.15, 0.2) is 67.0 Å². The summed E-state index contributed by atoms with van der Waals surface area (Å²) in [6.07, 6.45) is 5.71. The van der Waals surface area contributed by atoms with E-state index in [1.165, 1.54) is 0 Å². The van der Waals surface area contributed by atoms with Gasteiger partial charge in [-0.1, -0.05) is 13.0 Å². The lowest BCUT2D eigenvalue weighted by atomic mass is 9.87. The average Bonchev–Trinajstić information content (AvgIpc) is 2.81. The molecule has 3 heterocycles. The molecule has 0 bridgehead atoms. The van der Waals surface area contributed by atoms with Gasteiger partial charge in [-0.2, -0.15) is 0 Å². The Labute approximate surface area is 181 Å². The third-order valence-corrected chi connectivity index (χ3v) is 5.58. The van der Waals surface area contributed by atoms with Crippen LogP contribution >= 0.6 is 0 Å². The average molecular weight is 418 g/mol. The van der Waals surface area contributed by atoms with Gasteiger partial charge in [-0.3, -0.25) is 4.79 Å². The van der Waals surface area contributed by atoms with Gasteiger partial charge in [0.05, 0.1) is 5.92 Å².